The van der Waals surface area contributed by atoms with E-state index in [4.69, 9.17) is 0 Å². The molecule has 0 saturated carbocycles. The first kappa shape index (κ1) is 31.0. The zero-order chi connectivity index (χ0) is 35.9. The molecule has 1 heterocycles. The van der Waals surface area contributed by atoms with Gasteiger partial charge in [-0.05, 0) is 109 Å². The second-order valence-electron chi connectivity index (χ2n) is 16.5. The molecule has 0 saturated heterocycles. The van der Waals surface area contributed by atoms with Crippen LogP contribution in [0.1, 0.15) is 90.1 Å². The monoisotopic (exact) mass is 673 g/mol. The SMILES string of the molecule is CC1(C)/C(=C\C=C2C(=O)c3cc4ccccc4cc3C2=O)N(c2ccc3c(c2)C(C)(C)c2ccccc2-3)c2cc3c(cc21)-c1ccccc1C3(C)C. The van der Waals surface area contributed by atoms with Gasteiger partial charge >= 0.3 is 0 Å². The van der Waals surface area contributed by atoms with Crippen LogP contribution in [0, 0.1) is 0 Å². The Morgan fingerprint density at radius 2 is 0.962 bits per heavy atom. The number of hydrogen-bond donors (Lipinski definition) is 0. The molecule has 0 fully saturated rings. The van der Waals surface area contributed by atoms with Crippen molar-refractivity contribution in [2.24, 2.45) is 0 Å². The number of Topliss-reactive ketones (excluding diaryl/α,β-unsaturated/α-hetero) is 2. The maximum absolute atomic E-state index is 13.9. The Morgan fingerprint density at radius 3 is 1.58 bits per heavy atom. The first-order chi connectivity index (χ1) is 24.9. The van der Waals surface area contributed by atoms with Gasteiger partial charge in [0, 0.05) is 38.8 Å². The summed E-state index contributed by atoms with van der Waals surface area (Å²) < 4.78 is 0. The van der Waals surface area contributed by atoms with Crippen LogP contribution >= 0.6 is 0 Å². The smallest absolute Gasteiger partial charge is 0.197 e. The molecule has 4 aliphatic rings. The molecule has 52 heavy (non-hydrogen) atoms. The number of ketones is 2. The first-order valence-corrected chi connectivity index (χ1v) is 18.3. The van der Waals surface area contributed by atoms with Gasteiger partial charge in [-0.1, -0.05) is 120 Å². The lowest BCUT2D eigenvalue weighted by molar-refractivity contribution is 0.0988. The molecule has 0 bridgehead atoms. The average Bonchev–Trinajstić information content (AvgIpc) is 3.70. The molecule has 0 spiro atoms. The number of hydrogen-bond acceptors (Lipinski definition) is 3. The van der Waals surface area contributed by atoms with Crippen molar-refractivity contribution in [3.63, 3.8) is 0 Å². The van der Waals surface area contributed by atoms with Gasteiger partial charge in [-0.25, -0.2) is 0 Å². The highest BCUT2D eigenvalue weighted by Crippen LogP contribution is 2.58. The Hall–Kier alpha value is -5.80. The van der Waals surface area contributed by atoms with Crippen LogP contribution in [-0.4, -0.2) is 11.6 Å². The number of carbonyl (C=O) groups is 2. The Balaban J connectivity index is 1.18. The number of benzene rings is 6. The molecule has 0 unspecified atom stereocenters. The standard InChI is InChI=1S/C49H39NO2/c1-47(2)38-17-11-9-15-31(38)33-20-19-30(25-40(33)47)50-43-27-41-35(32-16-10-12-18-39(32)48(41,3)4)26-42(43)49(5,6)44(50)22-21-34-45(51)36-23-28-13-7-8-14-29(28)24-37(36)46(34)52/h7-27H,1-6H3/b44-22+. The lowest BCUT2D eigenvalue weighted by Gasteiger charge is -2.29. The van der Waals surface area contributed by atoms with Gasteiger partial charge in [-0.3, -0.25) is 9.59 Å². The van der Waals surface area contributed by atoms with E-state index < -0.39 is 5.41 Å². The van der Waals surface area contributed by atoms with Crippen LogP contribution < -0.4 is 4.90 Å². The molecule has 0 radical (unpaired) electrons. The van der Waals surface area contributed by atoms with Gasteiger partial charge in [0.2, 0.25) is 0 Å². The molecule has 0 aromatic heterocycles. The van der Waals surface area contributed by atoms with Crippen LogP contribution in [0.5, 0.6) is 0 Å². The third kappa shape index (κ3) is 3.91. The van der Waals surface area contributed by atoms with Gasteiger partial charge in [0.25, 0.3) is 0 Å². The van der Waals surface area contributed by atoms with Crippen LogP contribution in [0.4, 0.5) is 11.4 Å². The van der Waals surface area contributed by atoms with Gasteiger partial charge < -0.3 is 4.90 Å². The van der Waals surface area contributed by atoms with Crippen molar-refractivity contribution in [1.82, 2.24) is 0 Å². The quantitative estimate of drug-likeness (QED) is 0.136. The molecule has 6 aromatic carbocycles. The number of anilines is 2. The summed E-state index contributed by atoms with van der Waals surface area (Å²) in [5, 5.41) is 1.92. The van der Waals surface area contributed by atoms with Gasteiger partial charge in [0.15, 0.2) is 11.6 Å². The third-order valence-corrected chi connectivity index (χ3v) is 12.6. The van der Waals surface area contributed by atoms with Crippen LogP contribution in [0.3, 0.4) is 0 Å². The van der Waals surface area contributed by atoms with Crippen LogP contribution in [0.25, 0.3) is 33.0 Å². The van der Waals surface area contributed by atoms with E-state index in [0.29, 0.717) is 11.1 Å². The fraction of sp³-hybridized carbons (Fsp3) is 0.184. The van der Waals surface area contributed by atoms with Gasteiger partial charge in [0.05, 0.1) is 11.3 Å². The van der Waals surface area contributed by atoms with Crippen molar-refractivity contribution in [2.45, 2.75) is 57.8 Å². The Bertz CT molecular complexity index is 2640. The van der Waals surface area contributed by atoms with Crippen molar-refractivity contribution >= 4 is 33.7 Å². The molecule has 3 heteroatoms. The third-order valence-electron chi connectivity index (χ3n) is 12.6. The molecular formula is C49H39NO2. The Labute approximate surface area is 304 Å². The van der Waals surface area contributed by atoms with Crippen LogP contribution in [0.15, 0.2) is 139 Å². The Morgan fingerprint density at radius 1 is 0.442 bits per heavy atom. The van der Waals surface area contributed by atoms with Crippen molar-refractivity contribution in [3.05, 3.63) is 178 Å². The largest absolute Gasteiger partial charge is 0.313 e. The molecule has 3 aliphatic carbocycles. The van der Waals surface area contributed by atoms with Crippen molar-refractivity contribution in [3.8, 4) is 22.3 Å². The number of rotatable bonds is 2. The first-order valence-electron chi connectivity index (χ1n) is 18.3. The normalized spacial score (nSPS) is 18.7. The second kappa shape index (κ2) is 10.2. The molecule has 0 atom stereocenters. The average molecular weight is 674 g/mol. The summed E-state index contributed by atoms with van der Waals surface area (Å²) in [6, 6.07) is 40.8. The van der Waals surface area contributed by atoms with Gasteiger partial charge in [-0.15, -0.1) is 0 Å². The minimum atomic E-state index is -0.438. The van der Waals surface area contributed by atoms with Crippen molar-refractivity contribution < 1.29 is 9.59 Å². The predicted octanol–water partition coefficient (Wildman–Crippen LogP) is 11.8. The molecule has 0 amide bonds. The van der Waals surface area contributed by atoms with E-state index in [2.05, 4.69) is 125 Å². The van der Waals surface area contributed by atoms with E-state index in [1.807, 2.05) is 42.5 Å². The number of carbonyl (C=O) groups excluding carboxylic acids is 2. The fourth-order valence-electron chi connectivity index (χ4n) is 9.68. The number of allylic oxidation sites excluding steroid dienone is 4. The van der Waals surface area contributed by atoms with Gasteiger partial charge in [-0.2, -0.15) is 0 Å². The molecule has 10 rings (SSSR count). The van der Waals surface area contributed by atoms with Crippen LogP contribution in [0.2, 0.25) is 0 Å². The molecule has 3 nitrogen and oxygen atoms in total. The van der Waals surface area contributed by atoms with Gasteiger partial charge in [0.1, 0.15) is 0 Å². The summed E-state index contributed by atoms with van der Waals surface area (Å²) in [5.74, 6) is -0.423. The molecule has 1 aliphatic heterocycles. The summed E-state index contributed by atoms with van der Waals surface area (Å²) in [6.07, 6.45) is 3.82. The van der Waals surface area contributed by atoms with E-state index in [1.165, 1.54) is 50.1 Å². The zero-order valence-corrected chi connectivity index (χ0v) is 30.4. The molecular weight excluding hydrogens is 635 g/mol. The molecule has 0 N–H and O–H groups in total. The minimum Gasteiger partial charge on any atom is -0.313 e. The highest BCUT2D eigenvalue weighted by molar-refractivity contribution is 6.40. The van der Waals surface area contributed by atoms with Crippen molar-refractivity contribution in [2.75, 3.05) is 4.90 Å². The van der Waals surface area contributed by atoms with E-state index >= 15 is 0 Å². The molecule has 252 valence electrons. The number of fused-ring (bicyclic) bond motifs is 9. The predicted molar refractivity (Wildman–Crippen MR) is 212 cm³/mol. The highest BCUT2D eigenvalue weighted by atomic mass is 16.2. The van der Waals surface area contributed by atoms with E-state index in [0.717, 1.165) is 27.8 Å². The number of nitrogens with zero attached hydrogens (tertiary/aromatic N) is 1. The second-order valence-corrected chi connectivity index (χ2v) is 16.5. The zero-order valence-electron chi connectivity index (χ0n) is 30.4. The lowest BCUT2D eigenvalue weighted by Crippen LogP contribution is -2.23. The topological polar surface area (TPSA) is 37.4 Å². The van der Waals surface area contributed by atoms with E-state index in [-0.39, 0.29) is 28.0 Å². The minimum absolute atomic E-state index is 0.161. The maximum Gasteiger partial charge on any atom is 0.197 e. The van der Waals surface area contributed by atoms with E-state index in [1.54, 1.807) is 6.08 Å². The Kier molecular flexibility index (Phi) is 6.06. The summed E-state index contributed by atoms with van der Waals surface area (Å²) >= 11 is 0. The van der Waals surface area contributed by atoms with Crippen LogP contribution in [-0.2, 0) is 16.2 Å². The van der Waals surface area contributed by atoms with Crippen molar-refractivity contribution in [1.29, 1.82) is 0 Å². The molecule has 6 aromatic rings. The highest BCUT2D eigenvalue weighted by Gasteiger charge is 2.46. The summed E-state index contributed by atoms with van der Waals surface area (Å²) in [7, 11) is 0. The summed E-state index contributed by atoms with van der Waals surface area (Å²) in [4.78, 5) is 30.2. The lowest BCUT2D eigenvalue weighted by atomic mass is 9.79. The van der Waals surface area contributed by atoms with E-state index in [9.17, 15) is 9.59 Å². The fourth-order valence-corrected chi connectivity index (χ4v) is 9.68. The maximum atomic E-state index is 13.9. The summed E-state index contributed by atoms with van der Waals surface area (Å²) in [5.41, 5.74) is 15.3. The summed E-state index contributed by atoms with van der Waals surface area (Å²) in [6.45, 7) is 13.8.